The lowest BCUT2D eigenvalue weighted by Crippen LogP contribution is -2.11. The number of hydrogen-bond donors (Lipinski definition) is 2. The molecule has 86 valence electrons. The smallest absolute Gasteiger partial charge is 0.336 e. The first kappa shape index (κ1) is 14.4. The highest BCUT2D eigenvalue weighted by atomic mass is 127. The monoisotopic (exact) mass is 557 g/mol. The lowest BCUT2D eigenvalue weighted by atomic mass is 10.2. The van der Waals surface area contributed by atoms with Gasteiger partial charge in [0, 0.05) is 14.1 Å². The molecule has 16 heavy (non-hydrogen) atoms. The van der Waals surface area contributed by atoms with Crippen LogP contribution >= 0.6 is 67.8 Å². The van der Waals surface area contributed by atoms with E-state index < -0.39 is 5.97 Å². The van der Waals surface area contributed by atoms with E-state index >= 15 is 0 Å². The van der Waals surface area contributed by atoms with E-state index in [-0.39, 0.29) is 11.5 Å². The quantitative estimate of drug-likeness (QED) is 0.435. The summed E-state index contributed by atoms with van der Waals surface area (Å²) < 4.78 is 2.37. The summed E-state index contributed by atoms with van der Waals surface area (Å²) in [6.45, 7) is 1.39. The van der Waals surface area contributed by atoms with Crippen molar-refractivity contribution in [2.24, 2.45) is 0 Å². The zero-order valence-electron chi connectivity index (χ0n) is 7.97. The maximum atomic E-state index is 11.0. The molecule has 0 atom stereocenters. The topological polar surface area (TPSA) is 66.4 Å². The average molecular weight is 557 g/mol. The van der Waals surface area contributed by atoms with Gasteiger partial charge in [-0.3, -0.25) is 4.79 Å². The molecule has 0 saturated heterocycles. The largest absolute Gasteiger partial charge is 0.478 e. The number of amides is 1. The fourth-order valence-electron chi connectivity index (χ4n) is 1.04. The molecule has 0 aliphatic heterocycles. The van der Waals surface area contributed by atoms with Crippen LogP contribution in [0.4, 0.5) is 5.69 Å². The summed E-state index contributed by atoms with van der Waals surface area (Å²) in [5.74, 6) is -1.21. The summed E-state index contributed by atoms with van der Waals surface area (Å²) in [6.07, 6.45) is 0. The number of aromatic carboxylic acids is 1. The third-order valence-corrected chi connectivity index (χ3v) is 7.07. The van der Waals surface area contributed by atoms with Gasteiger partial charge in [0.05, 0.1) is 14.8 Å². The molecular weight excluding hydrogens is 551 g/mol. The van der Waals surface area contributed by atoms with E-state index in [0.717, 1.165) is 7.14 Å². The number of halogens is 3. The first-order chi connectivity index (χ1) is 7.34. The fraction of sp³-hybridized carbons (Fsp3) is 0.111. The van der Waals surface area contributed by atoms with Gasteiger partial charge in [0.1, 0.15) is 0 Å². The number of nitrogens with one attached hydrogen (secondary N) is 1. The minimum absolute atomic E-state index is 0.203. The van der Waals surface area contributed by atoms with Crippen molar-refractivity contribution in [3.05, 3.63) is 22.3 Å². The number of carboxylic acids is 1. The summed E-state index contributed by atoms with van der Waals surface area (Å²) in [4.78, 5) is 22.0. The number of carboxylic acid groups (broad SMARTS) is 1. The Hall–Kier alpha value is 0.350. The van der Waals surface area contributed by atoms with Crippen molar-refractivity contribution >= 4 is 85.3 Å². The molecule has 2 N–H and O–H groups in total. The SMILES string of the molecule is CC(=O)Nc1cc(C(=O)O)c(I)c(I)c1I. The highest BCUT2D eigenvalue weighted by molar-refractivity contribution is 14.1. The van der Waals surface area contributed by atoms with Gasteiger partial charge < -0.3 is 10.4 Å². The van der Waals surface area contributed by atoms with Gasteiger partial charge in [-0.15, -0.1) is 0 Å². The van der Waals surface area contributed by atoms with Gasteiger partial charge in [0.25, 0.3) is 0 Å². The van der Waals surface area contributed by atoms with E-state index in [2.05, 4.69) is 50.5 Å². The van der Waals surface area contributed by atoms with Crippen LogP contribution in [-0.2, 0) is 4.79 Å². The Morgan fingerprint density at radius 2 is 1.75 bits per heavy atom. The molecule has 1 aromatic rings. The van der Waals surface area contributed by atoms with Crippen LogP contribution in [0.25, 0.3) is 0 Å². The van der Waals surface area contributed by atoms with E-state index in [1.54, 1.807) is 0 Å². The van der Waals surface area contributed by atoms with Gasteiger partial charge in [-0.05, 0) is 73.8 Å². The van der Waals surface area contributed by atoms with Crippen LogP contribution in [-0.4, -0.2) is 17.0 Å². The van der Waals surface area contributed by atoms with Crippen molar-refractivity contribution in [1.82, 2.24) is 0 Å². The minimum Gasteiger partial charge on any atom is -0.478 e. The van der Waals surface area contributed by atoms with Crippen LogP contribution in [0.5, 0.6) is 0 Å². The molecule has 0 heterocycles. The molecule has 4 nitrogen and oxygen atoms in total. The van der Waals surface area contributed by atoms with Gasteiger partial charge in [0.2, 0.25) is 5.91 Å². The fourth-order valence-corrected chi connectivity index (χ4v) is 3.35. The van der Waals surface area contributed by atoms with Crippen LogP contribution in [0.15, 0.2) is 6.07 Å². The predicted octanol–water partition coefficient (Wildman–Crippen LogP) is 3.16. The van der Waals surface area contributed by atoms with Crippen LogP contribution in [0.2, 0.25) is 0 Å². The first-order valence-corrected chi connectivity index (χ1v) is 7.26. The maximum Gasteiger partial charge on any atom is 0.336 e. The molecule has 0 aliphatic carbocycles. The second kappa shape index (κ2) is 5.80. The molecule has 0 saturated carbocycles. The van der Waals surface area contributed by atoms with E-state index in [0.29, 0.717) is 9.26 Å². The standard InChI is InChI=1S/C9H6I3NO3/c1-3(14)13-5-2-4(9(15)16)6(10)8(12)7(5)11/h2H,1H3,(H,13,14)(H,15,16). The molecule has 0 unspecified atom stereocenters. The zero-order chi connectivity index (χ0) is 12.5. The molecule has 0 aliphatic rings. The lowest BCUT2D eigenvalue weighted by molar-refractivity contribution is -0.114. The summed E-state index contributed by atoms with van der Waals surface area (Å²) >= 11 is 6.14. The van der Waals surface area contributed by atoms with Gasteiger partial charge in [-0.2, -0.15) is 0 Å². The highest BCUT2D eigenvalue weighted by Crippen LogP contribution is 2.31. The van der Waals surface area contributed by atoms with Gasteiger partial charge in [0.15, 0.2) is 0 Å². The van der Waals surface area contributed by atoms with Crippen LogP contribution in [0, 0.1) is 10.7 Å². The van der Waals surface area contributed by atoms with Crippen molar-refractivity contribution in [3.63, 3.8) is 0 Å². The zero-order valence-corrected chi connectivity index (χ0v) is 14.4. The molecule has 0 bridgehead atoms. The Kier molecular flexibility index (Phi) is 5.22. The summed E-state index contributed by atoms with van der Waals surface area (Å²) in [7, 11) is 0. The molecular formula is C9H6I3NO3. The Morgan fingerprint density at radius 3 is 2.19 bits per heavy atom. The van der Waals surface area contributed by atoms with Crippen LogP contribution < -0.4 is 5.32 Å². The third kappa shape index (κ3) is 3.18. The maximum absolute atomic E-state index is 11.0. The Morgan fingerprint density at radius 1 is 1.19 bits per heavy atom. The number of carbonyl (C=O) groups excluding carboxylic acids is 1. The second-order valence-electron chi connectivity index (χ2n) is 2.90. The third-order valence-electron chi connectivity index (χ3n) is 1.69. The lowest BCUT2D eigenvalue weighted by Gasteiger charge is -2.11. The van der Waals surface area contributed by atoms with E-state index in [1.165, 1.54) is 13.0 Å². The number of carbonyl (C=O) groups is 2. The van der Waals surface area contributed by atoms with Gasteiger partial charge in [-0.1, -0.05) is 0 Å². The first-order valence-electron chi connectivity index (χ1n) is 4.03. The Labute approximate surface area is 133 Å². The molecule has 1 aromatic carbocycles. The van der Waals surface area contributed by atoms with Gasteiger partial charge in [-0.25, -0.2) is 4.79 Å². The van der Waals surface area contributed by atoms with Crippen molar-refractivity contribution in [3.8, 4) is 0 Å². The molecule has 1 amide bonds. The van der Waals surface area contributed by atoms with E-state index in [9.17, 15) is 9.59 Å². The highest BCUT2D eigenvalue weighted by Gasteiger charge is 2.17. The predicted molar refractivity (Wildman–Crippen MR) is 85.9 cm³/mol. The van der Waals surface area contributed by atoms with E-state index in [4.69, 9.17) is 5.11 Å². The van der Waals surface area contributed by atoms with Crippen molar-refractivity contribution in [2.75, 3.05) is 5.32 Å². The Balaban J connectivity index is 3.40. The van der Waals surface area contributed by atoms with Crippen molar-refractivity contribution in [2.45, 2.75) is 6.92 Å². The van der Waals surface area contributed by atoms with Crippen molar-refractivity contribution < 1.29 is 14.7 Å². The molecule has 0 radical (unpaired) electrons. The molecule has 0 aromatic heterocycles. The number of rotatable bonds is 2. The minimum atomic E-state index is -0.995. The van der Waals surface area contributed by atoms with Gasteiger partial charge >= 0.3 is 5.97 Å². The van der Waals surface area contributed by atoms with Crippen molar-refractivity contribution in [1.29, 1.82) is 0 Å². The number of hydrogen-bond acceptors (Lipinski definition) is 2. The molecule has 0 fully saturated rings. The van der Waals surface area contributed by atoms with Crippen LogP contribution in [0.1, 0.15) is 17.3 Å². The summed E-state index contributed by atoms with van der Waals surface area (Å²) in [6, 6.07) is 1.48. The normalized spacial score (nSPS) is 10.0. The summed E-state index contributed by atoms with van der Waals surface area (Å²) in [5.41, 5.74) is 0.740. The average Bonchev–Trinajstić information content (AvgIpc) is 2.18. The Bertz CT molecular complexity index is 474. The number of benzene rings is 1. The number of anilines is 1. The van der Waals surface area contributed by atoms with Crippen LogP contribution in [0.3, 0.4) is 0 Å². The molecule has 0 spiro atoms. The second-order valence-corrected chi connectivity index (χ2v) is 6.14. The molecule has 7 heteroatoms. The van der Waals surface area contributed by atoms with E-state index in [1.807, 2.05) is 22.6 Å². The molecule has 1 rings (SSSR count). The summed E-state index contributed by atoms with van der Waals surface area (Å²) in [5, 5.41) is 11.6.